The normalized spacial score (nSPS) is 21.9. The highest BCUT2D eigenvalue weighted by molar-refractivity contribution is 6.30. The maximum absolute atomic E-state index is 13.4. The van der Waals surface area contributed by atoms with E-state index in [0.717, 1.165) is 6.42 Å². The van der Waals surface area contributed by atoms with Crippen LogP contribution in [-0.2, 0) is 9.59 Å². The third-order valence-electron chi connectivity index (χ3n) is 6.29. The molecule has 2 aliphatic heterocycles. The number of rotatable bonds is 5. The van der Waals surface area contributed by atoms with Crippen molar-refractivity contribution in [1.82, 2.24) is 10.2 Å². The van der Waals surface area contributed by atoms with Crippen molar-refractivity contribution < 1.29 is 14.0 Å². The molecule has 3 rings (SSSR count). The fourth-order valence-electron chi connectivity index (χ4n) is 4.49. The molecule has 0 bridgehead atoms. The fraction of sp³-hybridized carbons (Fsp3) is 0.542. The SMILES string of the molecule is CC(C)[C@@H](NC(=O)C1=CN=C(F)CC1)C(=O)N1CC[C@H](c2ccc(Cl)cc2)C(C)(C)C1. The van der Waals surface area contributed by atoms with Crippen molar-refractivity contribution in [2.24, 2.45) is 16.3 Å². The highest BCUT2D eigenvalue weighted by Gasteiger charge is 2.40. The Kier molecular flexibility index (Phi) is 7.20. The minimum Gasteiger partial charge on any atom is -0.340 e. The van der Waals surface area contributed by atoms with Gasteiger partial charge in [-0.3, -0.25) is 9.59 Å². The van der Waals surface area contributed by atoms with Crippen LogP contribution in [0.3, 0.4) is 0 Å². The largest absolute Gasteiger partial charge is 0.340 e. The highest BCUT2D eigenvalue weighted by atomic mass is 35.5. The number of amides is 2. The molecule has 1 fully saturated rings. The average Bonchev–Trinajstić information content (AvgIpc) is 2.72. The van der Waals surface area contributed by atoms with Crippen LogP contribution in [0.15, 0.2) is 41.0 Å². The number of nitrogens with zero attached hydrogens (tertiary/aromatic N) is 2. The minimum absolute atomic E-state index is 0.0713. The van der Waals surface area contributed by atoms with Gasteiger partial charge in [-0.05, 0) is 47.8 Å². The van der Waals surface area contributed by atoms with Gasteiger partial charge in [-0.25, -0.2) is 4.99 Å². The number of benzene rings is 1. The van der Waals surface area contributed by atoms with E-state index in [9.17, 15) is 14.0 Å². The van der Waals surface area contributed by atoms with Gasteiger partial charge in [0.1, 0.15) is 6.04 Å². The molecule has 2 atom stereocenters. The number of carbonyl (C=O) groups excluding carboxylic acids is 2. The van der Waals surface area contributed by atoms with Crippen molar-refractivity contribution in [2.75, 3.05) is 13.1 Å². The van der Waals surface area contributed by atoms with Crippen molar-refractivity contribution in [3.05, 3.63) is 46.6 Å². The molecule has 0 spiro atoms. The van der Waals surface area contributed by atoms with Crippen molar-refractivity contribution in [1.29, 1.82) is 0 Å². The zero-order valence-electron chi connectivity index (χ0n) is 18.6. The van der Waals surface area contributed by atoms with Crippen LogP contribution in [0.25, 0.3) is 0 Å². The number of piperidine rings is 1. The summed E-state index contributed by atoms with van der Waals surface area (Å²) in [6.45, 7) is 9.43. The van der Waals surface area contributed by atoms with Crippen molar-refractivity contribution in [2.45, 2.75) is 58.9 Å². The minimum atomic E-state index is -0.632. The summed E-state index contributed by atoms with van der Waals surface area (Å²) in [5.41, 5.74) is 1.51. The standard InChI is InChI=1S/C24H31ClFN3O2/c1-15(2)21(28-22(30)17-7-10-20(26)27-13-17)23(31)29-12-11-19(24(3,4)14-29)16-5-8-18(25)9-6-16/h5-6,8-9,13,15,19,21H,7,10-12,14H2,1-4H3,(H,28,30)/t19-,21-/m1/s1. The number of halogens is 2. The monoisotopic (exact) mass is 447 g/mol. The highest BCUT2D eigenvalue weighted by Crippen LogP contribution is 2.42. The second kappa shape index (κ2) is 9.51. The molecule has 168 valence electrons. The molecule has 1 saturated heterocycles. The number of likely N-dealkylation sites (tertiary alicyclic amines) is 1. The van der Waals surface area contributed by atoms with Gasteiger partial charge in [0, 0.05) is 36.3 Å². The van der Waals surface area contributed by atoms with E-state index in [1.807, 2.05) is 30.9 Å². The maximum atomic E-state index is 13.4. The summed E-state index contributed by atoms with van der Waals surface area (Å²) in [6, 6.07) is 7.31. The quantitative estimate of drug-likeness (QED) is 0.700. The van der Waals surface area contributed by atoms with Gasteiger partial charge in [-0.1, -0.05) is 51.4 Å². The van der Waals surface area contributed by atoms with Crippen LogP contribution in [0, 0.1) is 11.3 Å². The molecule has 2 heterocycles. The van der Waals surface area contributed by atoms with Crippen LogP contribution < -0.4 is 5.32 Å². The molecule has 0 radical (unpaired) electrons. The lowest BCUT2D eigenvalue weighted by Crippen LogP contribution is -2.56. The molecule has 1 N–H and O–H groups in total. The van der Waals surface area contributed by atoms with E-state index in [4.69, 9.17) is 11.6 Å². The number of hydrogen-bond acceptors (Lipinski definition) is 3. The molecule has 0 aliphatic carbocycles. The molecule has 2 aliphatic rings. The Balaban J connectivity index is 1.70. The molecular formula is C24H31ClFN3O2. The summed E-state index contributed by atoms with van der Waals surface area (Å²) < 4.78 is 13.1. The van der Waals surface area contributed by atoms with Crippen LogP contribution >= 0.6 is 11.6 Å². The van der Waals surface area contributed by atoms with Crippen LogP contribution in [0.4, 0.5) is 4.39 Å². The number of hydrogen-bond donors (Lipinski definition) is 1. The van der Waals surface area contributed by atoms with Crippen LogP contribution in [0.2, 0.25) is 5.02 Å². The molecule has 31 heavy (non-hydrogen) atoms. The molecule has 1 aromatic carbocycles. The van der Waals surface area contributed by atoms with Gasteiger partial charge in [-0.2, -0.15) is 4.39 Å². The Morgan fingerprint density at radius 3 is 2.45 bits per heavy atom. The van der Waals surface area contributed by atoms with E-state index in [0.29, 0.717) is 36.0 Å². The second-order valence-electron chi connectivity index (χ2n) is 9.50. The summed E-state index contributed by atoms with van der Waals surface area (Å²) in [5.74, 6) is -0.645. The molecule has 1 aromatic rings. The fourth-order valence-corrected chi connectivity index (χ4v) is 4.62. The van der Waals surface area contributed by atoms with Gasteiger partial charge in [0.05, 0.1) is 0 Å². The van der Waals surface area contributed by atoms with Gasteiger partial charge in [-0.15, -0.1) is 0 Å². The lowest BCUT2D eigenvalue weighted by Gasteiger charge is -2.45. The van der Waals surface area contributed by atoms with Crippen molar-refractivity contribution in [3.63, 3.8) is 0 Å². The first kappa shape index (κ1) is 23.5. The number of nitrogens with one attached hydrogen (secondary N) is 1. The summed E-state index contributed by atoms with van der Waals surface area (Å²) in [4.78, 5) is 31.5. The smallest absolute Gasteiger partial charge is 0.249 e. The molecule has 5 nitrogen and oxygen atoms in total. The van der Waals surface area contributed by atoms with Gasteiger partial charge >= 0.3 is 0 Å². The molecule has 2 amide bonds. The van der Waals surface area contributed by atoms with Crippen LogP contribution in [0.5, 0.6) is 0 Å². The Morgan fingerprint density at radius 2 is 1.90 bits per heavy atom. The van der Waals surface area contributed by atoms with E-state index in [1.54, 1.807) is 0 Å². The molecule has 0 saturated carbocycles. The third kappa shape index (κ3) is 5.53. The van der Waals surface area contributed by atoms with Crippen LogP contribution in [0.1, 0.15) is 58.4 Å². The van der Waals surface area contributed by atoms with E-state index < -0.39 is 12.0 Å². The summed E-state index contributed by atoms with van der Waals surface area (Å²) >= 11 is 6.04. The average molecular weight is 448 g/mol. The molecule has 0 aromatic heterocycles. The zero-order chi connectivity index (χ0) is 22.8. The summed E-state index contributed by atoms with van der Waals surface area (Å²) in [5, 5.41) is 3.58. The molecule has 7 heteroatoms. The predicted octanol–water partition coefficient (Wildman–Crippen LogP) is 4.87. The van der Waals surface area contributed by atoms with Gasteiger partial charge in [0.25, 0.3) is 0 Å². The van der Waals surface area contributed by atoms with Crippen LogP contribution in [-0.4, -0.2) is 41.8 Å². The third-order valence-corrected chi connectivity index (χ3v) is 6.54. The number of carbonyl (C=O) groups is 2. The maximum Gasteiger partial charge on any atom is 0.249 e. The Hall–Kier alpha value is -2.21. The molecular weight excluding hydrogens is 417 g/mol. The first-order valence-corrected chi connectivity index (χ1v) is 11.2. The lowest BCUT2D eigenvalue weighted by molar-refractivity contribution is -0.140. The second-order valence-corrected chi connectivity index (χ2v) is 9.93. The number of aliphatic imine (C=N–C) groups is 1. The van der Waals surface area contributed by atoms with E-state index in [-0.39, 0.29) is 29.6 Å². The lowest BCUT2D eigenvalue weighted by atomic mass is 9.70. The first-order chi connectivity index (χ1) is 14.6. The summed E-state index contributed by atoms with van der Waals surface area (Å²) in [7, 11) is 0. The van der Waals surface area contributed by atoms with E-state index in [1.165, 1.54) is 11.8 Å². The molecule has 0 unspecified atom stereocenters. The zero-order valence-corrected chi connectivity index (χ0v) is 19.4. The first-order valence-electron chi connectivity index (χ1n) is 10.8. The predicted molar refractivity (Wildman–Crippen MR) is 122 cm³/mol. The van der Waals surface area contributed by atoms with Gasteiger partial charge < -0.3 is 10.2 Å². The van der Waals surface area contributed by atoms with Crippen molar-refractivity contribution in [3.8, 4) is 0 Å². The Bertz CT molecular complexity index is 893. The summed E-state index contributed by atoms with van der Waals surface area (Å²) in [6.07, 6.45) is 2.51. The van der Waals surface area contributed by atoms with Crippen molar-refractivity contribution >= 4 is 29.4 Å². The Morgan fingerprint density at radius 1 is 1.23 bits per heavy atom. The Labute approximate surface area is 188 Å². The van der Waals surface area contributed by atoms with E-state index in [2.05, 4.69) is 36.3 Å². The van der Waals surface area contributed by atoms with Gasteiger partial charge in [0.2, 0.25) is 11.8 Å². The topological polar surface area (TPSA) is 61.8 Å². The van der Waals surface area contributed by atoms with E-state index >= 15 is 0 Å². The van der Waals surface area contributed by atoms with Gasteiger partial charge in [0.15, 0.2) is 5.97 Å².